The molecule has 0 unspecified atom stereocenters. The van der Waals surface area contributed by atoms with Gasteiger partial charge in [-0.05, 0) is 48.3 Å². The van der Waals surface area contributed by atoms with Crippen LogP contribution < -0.4 is 15.6 Å². The fourth-order valence-electron chi connectivity index (χ4n) is 4.04. The lowest BCUT2D eigenvalue weighted by atomic mass is 9.72. The third kappa shape index (κ3) is 3.84. The topological polar surface area (TPSA) is 86.1 Å². The number of amides is 1. The molecule has 0 saturated carbocycles. The van der Waals surface area contributed by atoms with Gasteiger partial charge in [0, 0.05) is 4.88 Å². The maximum atomic E-state index is 13.1. The third-order valence-corrected chi connectivity index (χ3v) is 6.98. The first kappa shape index (κ1) is 20.5. The quantitative estimate of drug-likeness (QED) is 0.688. The van der Waals surface area contributed by atoms with E-state index in [0.717, 1.165) is 29.5 Å². The summed E-state index contributed by atoms with van der Waals surface area (Å²) in [5.74, 6) is 0.784. The Bertz CT molecular complexity index is 1160. The maximum Gasteiger partial charge on any atom is 0.279 e. The van der Waals surface area contributed by atoms with Gasteiger partial charge >= 0.3 is 0 Å². The third-order valence-electron chi connectivity index (χ3n) is 5.84. The average molecular weight is 427 g/mol. The van der Waals surface area contributed by atoms with Gasteiger partial charge in [-0.15, -0.1) is 16.4 Å². The molecule has 0 spiro atoms. The van der Waals surface area contributed by atoms with E-state index >= 15 is 0 Å². The zero-order valence-electron chi connectivity index (χ0n) is 17.7. The van der Waals surface area contributed by atoms with E-state index in [9.17, 15) is 9.59 Å². The van der Waals surface area contributed by atoms with Crippen LogP contribution in [0.4, 0.5) is 5.69 Å². The van der Waals surface area contributed by atoms with E-state index < -0.39 is 0 Å². The maximum absolute atomic E-state index is 13.1. The molecule has 2 heterocycles. The number of aryl methyl sites for hydroxylation is 1. The number of thiophene rings is 1. The van der Waals surface area contributed by atoms with Crippen molar-refractivity contribution in [3.05, 3.63) is 45.1 Å². The molecule has 0 aliphatic heterocycles. The second-order valence-electron chi connectivity index (χ2n) is 8.79. The molecule has 0 bridgehead atoms. The second-order valence-corrected chi connectivity index (χ2v) is 9.87. The molecular formula is C22H26N4O3S. The number of anilines is 1. The van der Waals surface area contributed by atoms with Crippen molar-refractivity contribution in [2.24, 2.45) is 11.3 Å². The van der Waals surface area contributed by atoms with Crippen molar-refractivity contribution in [1.29, 1.82) is 0 Å². The van der Waals surface area contributed by atoms with Crippen LogP contribution in [0.5, 0.6) is 5.75 Å². The Balaban J connectivity index is 1.60. The van der Waals surface area contributed by atoms with Crippen molar-refractivity contribution in [2.75, 3.05) is 12.4 Å². The molecule has 1 atom stereocenters. The summed E-state index contributed by atoms with van der Waals surface area (Å²) in [6.45, 7) is 6.60. The fraction of sp³-hybridized carbons (Fsp3) is 0.455. The summed E-state index contributed by atoms with van der Waals surface area (Å²) >= 11 is 1.56. The second kappa shape index (κ2) is 7.83. The Morgan fingerprint density at radius 1 is 1.33 bits per heavy atom. The average Bonchev–Trinajstić information content (AvgIpc) is 3.08. The highest BCUT2D eigenvalue weighted by Gasteiger charge is 2.32. The Kier molecular flexibility index (Phi) is 5.36. The SMILES string of the molecule is COc1ccccc1NC(=O)Cn1nnc2sc3c(c2c1=O)CC[C@H](C(C)(C)C)C3. The first-order valence-corrected chi connectivity index (χ1v) is 10.9. The normalized spacial score (nSPS) is 16.3. The number of fused-ring (bicyclic) bond motifs is 3. The molecule has 0 saturated heterocycles. The summed E-state index contributed by atoms with van der Waals surface area (Å²) in [5, 5.41) is 11.7. The van der Waals surface area contributed by atoms with Crippen LogP contribution in [-0.2, 0) is 24.2 Å². The molecule has 1 aliphatic carbocycles. The van der Waals surface area contributed by atoms with Crippen LogP contribution >= 0.6 is 11.3 Å². The number of nitrogens with one attached hydrogen (secondary N) is 1. The number of hydrogen-bond acceptors (Lipinski definition) is 6. The van der Waals surface area contributed by atoms with Gasteiger partial charge in [0.05, 0.1) is 18.2 Å². The van der Waals surface area contributed by atoms with Gasteiger partial charge in [0.1, 0.15) is 12.3 Å². The van der Waals surface area contributed by atoms with E-state index in [2.05, 4.69) is 36.4 Å². The molecule has 1 aromatic carbocycles. The Morgan fingerprint density at radius 2 is 2.10 bits per heavy atom. The number of para-hydroxylation sites is 2. The Morgan fingerprint density at radius 3 is 2.83 bits per heavy atom. The van der Waals surface area contributed by atoms with Crippen molar-refractivity contribution in [3.8, 4) is 5.75 Å². The summed E-state index contributed by atoms with van der Waals surface area (Å²) in [6.07, 6.45) is 2.89. The minimum Gasteiger partial charge on any atom is -0.495 e. The lowest BCUT2D eigenvalue weighted by molar-refractivity contribution is -0.117. The number of hydrogen-bond donors (Lipinski definition) is 1. The number of carbonyl (C=O) groups is 1. The van der Waals surface area contributed by atoms with Crippen LogP contribution in [0, 0.1) is 11.3 Å². The number of benzene rings is 1. The summed E-state index contributed by atoms with van der Waals surface area (Å²) in [6, 6.07) is 7.13. The molecule has 0 fully saturated rings. The first-order valence-electron chi connectivity index (χ1n) is 10.1. The number of ether oxygens (including phenoxy) is 1. The van der Waals surface area contributed by atoms with Crippen LogP contribution in [-0.4, -0.2) is 28.0 Å². The molecule has 2 aromatic heterocycles. The van der Waals surface area contributed by atoms with E-state index in [1.54, 1.807) is 36.6 Å². The largest absolute Gasteiger partial charge is 0.495 e. The molecule has 158 valence electrons. The number of nitrogens with zero attached hydrogens (tertiary/aromatic N) is 3. The molecule has 1 N–H and O–H groups in total. The van der Waals surface area contributed by atoms with E-state index in [1.807, 2.05) is 6.07 Å². The Hall–Kier alpha value is -2.74. The molecule has 8 heteroatoms. The van der Waals surface area contributed by atoms with Gasteiger partial charge in [-0.25, -0.2) is 4.68 Å². The van der Waals surface area contributed by atoms with Gasteiger partial charge in [-0.1, -0.05) is 38.1 Å². The summed E-state index contributed by atoms with van der Waals surface area (Å²) in [5.41, 5.74) is 1.63. The van der Waals surface area contributed by atoms with Crippen LogP contribution in [0.15, 0.2) is 29.1 Å². The fourth-order valence-corrected chi connectivity index (χ4v) is 5.28. The highest BCUT2D eigenvalue weighted by atomic mass is 32.1. The van der Waals surface area contributed by atoms with Crippen LogP contribution in [0.2, 0.25) is 0 Å². The molecular weight excluding hydrogens is 400 g/mol. The zero-order chi connectivity index (χ0) is 21.5. The van der Waals surface area contributed by atoms with Crippen LogP contribution in [0.3, 0.4) is 0 Å². The minimum atomic E-state index is -0.354. The number of rotatable bonds is 4. The number of aromatic nitrogens is 3. The van der Waals surface area contributed by atoms with E-state index in [1.165, 1.54) is 4.88 Å². The number of carbonyl (C=O) groups excluding carboxylic acids is 1. The van der Waals surface area contributed by atoms with Crippen molar-refractivity contribution >= 4 is 33.1 Å². The van der Waals surface area contributed by atoms with Crippen LogP contribution in [0.25, 0.3) is 10.2 Å². The zero-order valence-corrected chi connectivity index (χ0v) is 18.5. The highest BCUT2D eigenvalue weighted by molar-refractivity contribution is 7.18. The molecule has 7 nitrogen and oxygen atoms in total. The standard InChI is InChI=1S/C22H26N4O3S/c1-22(2,3)13-9-10-14-17(11-13)30-20-19(14)21(28)26(25-24-20)12-18(27)23-15-7-5-6-8-16(15)29-4/h5-8,13H,9-12H2,1-4H3,(H,23,27)/t13-/m0/s1. The van der Waals surface area contributed by atoms with Gasteiger partial charge in [-0.2, -0.15) is 0 Å². The van der Waals surface area contributed by atoms with E-state index in [4.69, 9.17) is 4.74 Å². The van der Waals surface area contributed by atoms with Crippen molar-refractivity contribution < 1.29 is 9.53 Å². The monoisotopic (exact) mass is 426 g/mol. The van der Waals surface area contributed by atoms with Gasteiger partial charge in [0.15, 0.2) is 4.83 Å². The van der Waals surface area contributed by atoms with E-state index in [0.29, 0.717) is 27.6 Å². The summed E-state index contributed by atoms with van der Waals surface area (Å²) < 4.78 is 6.40. The smallest absolute Gasteiger partial charge is 0.279 e. The van der Waals surface area contributed by atoms with E-state index in [-0.39, 0.29) is 23.4 Å². The van der Waals surface area contributed by atoms with Gasteiger partial charge in [0.2, 0.25) is 5.91 Å². The van der Waals surface area contributed by atoms with Crippen molar-refractivity contribution in [3.63, 3.8) is 0 Å². The molecule has 1 amide bonds. The minimum absolute atomic E-state index is 0.199. The van der Waals surface area contributed by atoms with Gasteiger partial charge in [0.25, 0.3) is 5.56 Å². The van der Waals surface area contributed by atoms with Crippen molar-refractivity contribution in [2.45, 2.75) is 46.6 Å². The molecule has 30 heavy (non-hydrogen) atoms. The lowest BCUT2D eigenvalue weighted by Gasteiger charge is -2.33. The molecule has 4 rings (SSSR count). The highest BCUT2D eigenvalue weighted by Crippen LogP contribution is 2.41. The lowest BCUT2D eigenvalue weighted by Crippen LogP contribution is -2.31. The first-order chi connectivity index (χ1) is 14.3. The predicted octanol–water partition coefficient (Wildman–Crippen LogP) is 3.65. The van der Waals surface area contributed by atoms with Gasteiger partial charge in [-0.3, -0.25) is 9.59 Å². The Labute approximate surface area is 179 Å². The molecule has 1 aliphatic rings. The number of methoxy groups -OCH3 is 1. The summed E-state index contributed by atoms with van der Waals surface area (Å²) in [4.78, 5) is 27.5. The molecule has 3 aromatic rings. The predicted molar refractivity (Wildman–Crippen MR) is 118 cm³/mol. The summed E-state index contributed by atoms with van der Waals surface area (Å²) in [7, 11) is 1.54. The van der Waals surface area contributed by atoms with Crippen molar-refractivity contribution in [1.82, 2.24) is 15.0 Å². The molecule has 0 radical (unpaired) electrons. The van der Waals surface area contributed by atoms with Gasteiger partial charge < -0.3 is 10.1 Å². The van der Waals surface area contributed by atoms with Crippen LogP contribution in [0.1, 0.15) is 37.6 Å².